The maximum atomic E-state index is 12.2. The Morgan fingerprint density at radius 2 is 1.92 bits per heavy atom. The van der Waals surface area contributed by atoms with Gasteiger partial charge in [0.25, 0.3) is 0 Å². The summed E-state index contributed by atoms with van der Waals surface area (Å²) in [5, 5.41) is 6.79. The number of carbonyl (C=O) groups excluding carboxylic acids is 1. The van der Waals surface area contributed by atoms with Gasteiger partial charge in [0.05, 0.1) is 5.75 Å². The summed E-state index contributed by atoms with van der Waals surface area (Å²) in [6.45, 7) is 2.08. The summed E-state index contributed by atoms with van der Waals surface area (Å²) in [4.78, 5) is 16.5. The normalized spacial score (nSPS) is 10.5. The molecule has 0 fully saturated rings. The van der Waals surface area contributed by atoms with Gasteiger partial charge >= 0.3 is 5.16 Å². The number of hydrogen-bond donors (Lipinski definition) is 2. The zero-order valence-corrected chi connectivity index (χ0v) is 14.2. The van der Waals surface area contributed by atoms with Crippen molar-refractivity contribution in [1.29, 1.82) is 0 Å². The first-order chi connectivity index (χ1) is 11.8. The van der Waals surface area contributed by atoms with Gasteiger partial charge in [0, 0.05) is 5.69 Å². The first kappa shape index (κ1) is 16.3. The fraction of sp³-hybridized carbons (Fsp3) is 0.167. The van der Waals surface area contributed by atoms with E-state index in [9.17, 15) is 4.79 Å². The Labute approximate surface area is 145 Å². The third kappa shape index (κ3) is 3.83. The van der Waals surface area contributed by atoms with Gasteiger partial charge in [-0.25, -0.2) is 0 Å². The monoisotopic (exact) mass is 339 g/mol. The molecule has 0 atom stereocenters. The van der Waals surface area contributed by atoms with Gasteiger partial charge in [-0.3, -0.25) is 4.79 Å². The molecule has 6 heteroatoms. The van der Waals surface area contributed by atoms with E-state index in [1.807, 2.05) is 59.3 Å². The van der Waals surface area contributed by atoms with Crippen molar-refractivity contribution in [2.75, 3.05) is 11.1 Å². The van der Waals surface area contributed by atoms with Crippen LogP contribution in [0, 0.1) is 0 Å². The molecule has 3 rings (SSSR count). The zero-order chi connectivity index (χ0) is 16.8. The van der Waals surface area contributed by atoms with Crippen molar-refractivity contribution >= 4 is 23.4 Å². The minimum Gasteiger partial charge on any atom is -0.325 e. The van der Waals surface area contributed by atoms with Gasteiger partial charge in [-0.1, -0.05) is 43.3 Å². The van der Waals surface area contributed by atoms with Crippen molar-refractivity contribution < 1.29 is 9.48 Å². The highest BCUT2D eigenvalue weighted by Gasteiger charge is 2.18. The molecule has 0 aliphatic heterocycles. The fourth-order valence-electron chi connectivity index (χ4n) is 2.39. The van der Waals surface area contributed by atoms with E-state index in [0.717, 1.165) is 28.5 Å². The van der Waals surface area contributed by atoms with E-state index < -0.39 is 0 Å². The molecule has 2 aromatic carbocycles. The Morgan fingerprint density at radius 3 is 2.71 bits per heavy atom. The summed E-state index contributed by atoms with van der Waals surface area (Å²) < 4.78 is 1.86. The van der Waals surface area contributed by atoms with Gasteiger partial charge in [0.1, 0.15) is 0 Å². The lowest BCUT2D eigenvalue weighted by molar-refractivity contribution is -0.694. The van der Waals surface area contributed by atoms with Crippen molar-refractivity contribution in [1.82, 2.24) is 10.1 Å². The quantitative estimate of drug-likeness (QED) is 0.536. The molecular weight excluding hydrogens is 320 g/mol. The summed E-state index contributed by atoms with van der Waals surface area (Å²) in [6, 6.07) is 17.7. The molecule has 5 nitrogen and oxygen atoms in total. The Bertz CT molecular complexity index is 817. The highest BCUT2D eigenvalue weighted by atomic mass is 32.2. The average Bonchev–Trinajstić information content (AvgIpc) is 3.10. The summed E-state index contributed by atoms with van der Waals surface area (Å²) in [7, 11) is 0. The van der Waals surface area contributed by atoms with Crippen LogP contribution < -0.4 is 10.00 Å². The number of aryl methyl sites for hydroxylation is 1. The molecule has 122 valence electrons. The Hall–Kier alpha value is -2.60. The number of rotatable bonds is 6. The predicted octanol–water partition coefficient (Wildman–Crippen LogP) is 2.98. The third-order valence-corrected chi connectivity index (χ3v) is 4.52. The lowest BCUT2D eigenvalue weighted by Crippen LogP contribution is -2.35. The summed E-state index contributed by atoms with van der Waals surface area (Å²) in [5.74, 6) is 0.263. The molecule has 0 radical (unpaired) electrons. The molecule has 0 aliphatic rings. The number of anilines is 1. The van der Waals surface area contributed by atoms with Gasteiger partial charge in [0.15, 0.2) is 5.69 Å². The second-order valence-corrected chi connectivity index (χ2v) is 6.13. The number of aromatic nitrogens is 3. The van der Waals surface area contributed by atoms with Crippen LogP contribution in [0.5, 0.6) is 0 Å². The van der Waals surface area contributed by atoms with Gasteiger partial charge in [0.2, 0.25) is 12.2 Å². The topological polar surface area (TPSA) is 61.7 Å². The summed E-state index contributed by atoms with van der Waals surface area (Å²) in [5.41, 5.74) is 2.99. The highest BCUT2D eigenvalue weighted by Crippen LogP contribution is 2.17. The van der Waals surface area contributed by atoms with E-state index in [4.69, 9.17) is 0 Å². The van der Waals surface area contributed by atoms with E-state index in [0.29, 0.717) is 5.75 Å². The lowest BCUT2D eigenvalue weighted by Gasteiger charge is -2.08. The SMILES string of the molecule is CCc1ccccc1NC(=O)CSc1nc[nH][n+]1-c1ccccc1. The minimum absolute atomic E-state index is 0.0384. The number of carbonyl (C=O) groups is 1. The summed E-state index contributed by atoms with van der Waals surface area (Å²) in [6.07, 6.45) is 2.51. The number of nitrogens with zero attached hydrogens (tertiary/aromatic N) is 2. The molecule has 24 heavy (non-hydrogen) atoms. The molecule has 1 aromatic heterocycles. The molecule has 3 aromatic rings. The molecule has 2 N–H and O–H groups in total. The van der Waals surface area contributed by atoms with Crippen LogP contribution in [-0.4, -0.2) is 21.7 Å². The van der Waals surface area contributed by atoms with Crippen molar-refractivity contribution in [2.24, 2.45) is 0 Å². The van der Waals surface area contributed by atoms with Crippen LogP contribution in [0.25, 0.3) is 5.69 Å². The van der Waals surface area contributed by atoms with E-state index >= 15 is 0 Å². The molecule has 0 aliphatic carbocycles. The Morgan fingerprint density at radius 1 is 1.17 bits per heavy atom. The highest BCUT2D eigenvalue weighted by molar-refractivity contribution is 7.99. The standard InChI is InChI=1S/C18H18N4OS/c1-2-14-8-6-7-11-16(14)21-17(23)12-24-18-19-13-20-22(18)15-9-4-3-5-10-15/h3-11,13H,2,12H2,1H3,(H,21,23)/p+1. The number of nitrogens with one attached hydrogen (secondary N) is 2. The van der Waals surface area contributed by atoms with E-state index in [2.05, 4.69) is 22.3 Å². The number of amides is 1. The van der Waals surface area contributed by atoms with Gasteiger partial charge in [-0.05, 0) is 46.9 Å². The first-order valence-electron chi connectivity index (χ1n) is 7.79. The molecule has 0 saturated heterocycles. The van der Waals surface area contributed by atoms with Crippen molar-refractivity contribution in [3.63, 3.8) is 0 Å². The number of benzene rings is 2. The van der Waals surface area contributed by atoms with Gasteiger partial charge in [-0.2, -0.15) is 5.10 Å². The maximum Gasteiger partial charge on any atom is 0.385 e. The smallest absolute Gasteiger partial charge is 0.325 e. The van der Waals surface area contributed by atoms with Crippen LogP contribution in [0.4, 0.5) is 5.69 Å². The maximum absolute atomic E-state index is 12.2. The molecule has 0 spiro atoms. The number of hydrogen-bond acceptors (Lipinski definition) is 3. The number of aromatic amines is 1. The van der Waals surface area contributed by atoms with Crippen molar-refractivity contribution in [3.8, 4) is 5.69 Å². The Balaban J connectivity index is 1.64. The van der Waals surface area contributed by atoms with Crippen LogP contribution in [0.3, 0.4) is 0 Å². The second kappa shape index (κ2) is 7.79. The van der Waals surface area contributed by atoms with Gasteiger partial charge < -0.3 is 5.32 Å². The zero-order valence-electron chi connectivity index (χ0n) is 13.4. The van der Waals surface area contributed by atoms with Crippen molar-refractivity contribution in [3.05, 3.63) is 66.5 Å². The molecule has 0 unspecified atom stereocenters. The number of H-pyrrole nitrogens is 1. The van der Waals surface area contributed by atoms with E-state index in [1.54, 1.807) is 6.33 Å². The lowest BCUT2D eigenvalue weighted by atomic mass is 10.1. The predicted molar refractivity (Wildman–Crippen MR) is 95.3 cm³/mol. The molecular formula is C18H19N4OS+. The van der Waals surface area contributed by atoms with E-state index in [1.165, 1.54) is 11.8 Å². The Kier molecular flexibility index (Phi) is 5.28. The third-order valence-electron chi connectivity index (χ3n) is 3.57. The first-order valence-corrected chi connectivity index (χ1v) is 8.78. The van der Waals surface area contributed by atoms with Crippen LogP contribution in [0.2, 0.25) is 0 Å². The second-order valence-electron chi connectivity index (χ2n) is 5.19. The fourth-order valence-corrected chi connectivity index (χ4v) is 3.13. The van der Waals surface area contributed by atoms with Crippen LogP contribution in [-0.2, 0) is 11.2 Å². The van der Waals surface area contributed by atoms with Crippen LogP contribution in [0.15, 0.2) is 66.1 Å². The largest absolute Gasteiger partial charge is 0.385 e. The molecule has 0 bridgehead atoms. The average molecular weight is 339 g/mol. The number of para-hydroxylation sites is 2. The molecule has 1 amide bonds. The minimum atomic E-state index is -0.0384. The van der Waals surface area contributed by atoms with E-state index in [-0.39, 0.29) is 5.91 Å². The number of thioether (sulfide) groups is 1. The van der Waals surface area contributed by atoms with Crippen molar-refractivity contribution in [2.45, 2.75) is 18.5 Å². The molecule has 1 heterocycles. The van der Waals surface area contributed by atoms with Crippen LogP contribution in [0.1, 0.15) is 12.5 Å². The molecule has 0 saturated carbocycles. The summed E-state index contributed by atoms with van der Waals surface area (Å²) >= 11 is 1.40. The van der Waals surface area contributed by atoms with Gasteiger partial charge in [-0.15, -0.1) is 4.68 Å². The van der Waals surface area contributed by atoms with Crippen LogP contribution >= 0.6 is 11.8 Å².